The molecule has 8 nitrogen and oxygen atoms in total. The highest BCUT2D eigenvalue weighted by atomic mass is 16.5. The second kappa shape index (κ2) is 9.13. The highest BCUT2D eigenvalue weighted by Gasteiger charge is 2.29. The molecule has 0 bridgehead atoms. The molecule has 0 saturated heterocycles. The van der Waals surface area contributed by atoms with Gasteiger partial charge < -0.3 is 24.2 Å². The first-order valence-corrected chi connectivity index (χ1v) is 11.3. The van der Waals surface area contributed by atoms with Crippen LogP contribution < -0.4 is 15.4 Å². The number of carbonyl (C=O) groups is 2. The summed E-state index contributed by atoms with van der Waals surface area (Å²) in [6.45, 7) is 5.58. The van der Waals surface area contributed by atoms with Gasteiger partial charge in [-0.15, -0.1) is 0 Å². The molecule has 3 heterocycles. The summed E-state index contributed by atoms with van der Waals surface area (Å²) in [4.78, 5) is 29.8. The Labute approximate surface area is 202 Å². The average molecular weight is 472 g/mol. The number of nitrogens with zero attached hydrogens (tertiary/aromatic N) is 1. The van der Waals surface area contributed by atoms with E-state index in [1.807, 2.05) is 36.4 Å². The molecular weight excluding hydrogens is 446 g/mol. The van der Waals surface area contributed by atoms with Gasteiger partial charge in [0, 0.05) is 17.7 Å². The van der Waals surface area contributed by atoms with E-state index in [-0.39, 0.29) is 18.4 Å². The topological polar surface area (TPSA) is 107 Å². The monoisotopic (exact) mass is 471 g/mol. The molecule has 5 rings (SSSR count). The quantitative estimate of drug-likeness (QED) is 0.421. The van der Waals surface area contributed by atoms with Crippen molar-refractivity contribution in [2.24, 2.45) is 0 Å². The van der Waals surface area contributed by atoms with Crippen molar-refractivity contribution < 1.29 is 23.2 Å². The maximum absolute atomic E-state index is 12.6. The van der Waals surface area contributed by atoms with Crippen LogP contribution >= 0.6 is 0 Å². The van der Waals surface area contributed by atoms with Crippen LogP contribution in [0, 0.1) is 20.8 Å². The van der Waals surface area contributed by atoms with E-state index in [0.717, 1.165) is 11.3 Å². The Bertz CT molecular complexity index is 1390. The molecule has 0 fully saturated rings. The maximum atomic E-state index is 12.6. The lowest BCUT2D eigenvalue weighted by Gasteiger charge is -2.10. The second-order valence-electron chi connectivity index (χ2n) is 8.52. The average Bonchev–Trinajstić information content (AvgIpc) is 3.53. The van der Waals surface area contributed by atoms with Crippen molar-refractivity contribution in [3.63, 3.8) is 0 Å². The van der Waals surface area contributed by atoms with Crippen molar-refractivity contribution in [2.75, 3.05) is 5.32 Å². The molecule has 8 heteroatoms. The minimum absolute atomic E-state index is 0.195. The maximum Gasteiger partial charge on any atom is 0.261 e. The number of fused-ring (bicyclic) bond motifs is 1. The number of oxazole rings is 1. The van der Waals surface area contributed by atoms with Gasteiger partial charge in [0.05, 0.1) is 12.1 Å². The molecule has 0 spiro atoms. The molecule has 0 aliphatic carbocycles. The van der Waals surface area contributed by atoms with Gasteiger partial charge in [-0.1, -0.05) is 24.3 Å². The van der Waals surface area contributed by atoms with E-state index in [1.165, 1.54) is 0 Å². The lowest BCUT2D eigenvalue weighted by atomic mass is 10.1. The molecule has 2 N–H and O–H groups in total. The number of ether oxygens (including phenoxy) is 1. The zero-order valence-corrected chi connectivity index (χ0v) is 19.7. The minimum Gasteiger partial charge on any atom is -0.480 e. The Morgan fingerprint density at radius 2 is 1.83 bits per heavy atom. The first-order valence-electron chi connectivity index (χ1n) is 11.3. The number of para-hydroxylation sites is 1. The van der Waals surface area contributed by atoms with Crippen LogP contribution in [0.2, 0.25) is 0 Å². The van der Waals surface area contributed by atoms with E-state index in [9.17, 15) is 9.59 Å². The van der Waals surface area contributed by atoms with Crippen LogP contribution in [0.25, 0.3) is 11.5 Å². The molecule has 2 aromatic carbocycles. The van der Waals surface area contributed by atoms with Gasteiger partial charge in [0.15, 0.2) is 6.10 Å². The van der Waals surface area contributed by atoms with E-state index in [4.69, 9.17) is 13.6 Å². The van der Waals surface area contributed by atoms with Gasteiger partial charge >= 0.3 is 0 Å². The number of nitrogens with one attached hydrogen (secondary N) is 2. The van der Waals surface area contributed by atoms with E-state index in [0.29, 0.717) is 52.1 Å². The SMILES string of the molecule is Cc1cc(C(=O)Nc2cccc(-c3nc(CNC(=O)C4Cc5ccccc5O4)c(C)o3)c2)c(C)o1. The van der Waals surface area contributed by atoms with Crippen molar-refractivity contribution in [3.8, 4) is 17.2 Å². The number of amides is 2. The van der Waals surface area contributed by atoms with Crippen LogP contribution in [0.15, 0.2) is 63.4 Å². The van der Waals surface area contributed by atoms with Gasteiger partial charge in [-0.25, -0.2) is 4.98 Å². The molecular formula is C27H25N3O5. The zero-order valence-electron chi connectivity index (χ0n) is 19.7. The molecule has 2 amide bonds. The number of furan rings is 1. The Morgan fingerprint density at radius 3 is 2.60 bits per heavy atom. The highest BCUT2D eigenvalue weighted by Crippen LogP contribution is 2.29. The third-order valence-electron chi connectivity index (χ3n) is 5.92. The van der Waals surface area contributed by atoms with E-state index < -0.39 is 6.10 Å². The fourth-order valence-electron chi connectivity index (χ4n) is 4.11. The first kappa shape index (κ1) is 22.5. The highest BCUT2D eigenvalue weighted by molar-refractivity contribution is 6.05. The lowest BCUT2D eigenvalue weighted by Crippen LogP contribution is -2.37. The molecule has 1 unspecified atom stereocenters. The Kier molecular flexibility index (Phi) is 5.86. The Hall–Kier alpha value is -4.33. The largest absolute Gasteiger partial charge is 0.480 e. The van der Waals surface area contributed by atoms with Crippen LogP contribution in [0.1, 0.15) is 38.9 Å². The van der Waals surface area contributed by atoms with Crippen LogP contribution in [0.3, 0.4) is 0 Å². The number of rotatable bonds is 6. The van der Waals surface area contributed by atoms with E-state index in [2.05, 4.69) is 15.6 Å². The van der Waals surface area contributed by atoms with Crippen molar-refractivity contribution in [2.45, 2.75) is 39.8 Å². The Morgan fingerprint density at radius 1 is 1.00 bits per heavy atom. The van der Waals surface area contributed by atoms with Crippen LogP contribution in [0.4, 0.5) is 5.69 Å². The van der Waals surface area contributed by atoms with Gasteiger partial charge in [-0.05, 0) is 56.7 Å². The standard InChI is InChI=1S/C27H25N3O5/c1-15-11-21(16(2)33-15)25(31)29-20-9-6-8-19(12-20)27-30-22(17(3)34-27)14-28-26(32)24-13-18-7-4-5-10-23(18)35-24/h4-12,24H,13-14H2,1-3H3,(H,28,32)(H,29,31). The molecule has 4 aromatic rings. The lowest BCUT2D eigenvalue weighted by molar-refractivity contribution is -0.127. The molecule has 0 radical (unpaired) electrons. The number of carbonyl (C=O) groups excluding carboxylic acids is 2. The number of anilines is 1. The molecule has 1 aliphatic heterocycles. The summed E-state index contributed by atoms with van der Waals surface area (Å²) in [6, 6.07) is 16.6. The summed E-state index contributed by atoms with van der Waals surface area (Å²) >= 11 is 0. The van der Waals surface area contributed by atoms with Crippen LogP contribution in [-0.4, -0.2) is 22.9 Å². The number of hydrogen-bond donors (Lipinski definition) is 2. The first-order chi connectivity index (χ1) is 16.9. The number of aryl methyl sites for hydroxylation is 3. The molecule has 1 aliphatic rings. The summed E-state index contributed by atoms with van der Waals surface area (Å²) in [5.41, 5.74) is 3.46. The number of benzene rings is 2. The fourth-order valence-corrected chi connectivity index (χ4v) is 4.11. The predicted octanol–water partition coefficient (Wildman–Crippen LogP) is 4.73. The minimum atomic E-state index is -0.554. The van der Waals surface area contributed by atoms with Crippen LogP contribution in [-0.2, 0) is 17.8 Å². The predicted molar refractivity (Wildman–Crippen MR) is 129 cm³/mol. The summed E-state index contributed by atoms with van der Waals surface area (Å²) in [7, 11) is 0. The van der Waals surface area contributed by atoms with Gasteiger partial charge in [-0.3, -0.25) is 9.59 Å². The third-order valence-corrected chi connectivity index (χ3v) is 5.92. The molecule has 2 aromatic heterocycles. The van der Waals surface area contributed by atoms with Gasteiger partial charge in [-0.2, -0.15) is 0 Å². The van der Waals surface area contributed by atoms with Crippen LogP contribution in [0.5, 0.6) is 5.75 Å². The molecule has 178 valence electrons. The fraction of sp³-hybridized carbons (Fsp3) is 0.222. The van der Waals surface area contributed by atoms with Gasteiger partial charge in [0.25, 0.3) is 11.8 Å². The molecule has 0 saturated carbocycles. The number of hydrogen-bond acceptors (Lipinski definition) is 6. The van der Waals surface area contributed by atoms with Crippen molar-refractivity contribution in [1.29, 1.82) is 0 Å². The van der Waals surface area contributed by atoms with Crippen molar-refractivity contribution >= 4 is 17.5 Å². The zero-order chi connectivity index (χ0) is 24.5. The van der Waals surface area contributed by atoms with Crippen molar-refractivity contribution in [3.05, 3.63) is 88.7 Å². The number of aromatic nitrogens is 1. The second-order valence-corrected chi connectivity index (χ2v) is 8.52. The molecule has 1 atom stereocenters. The normalized spacial score (nSPS) is 14.3. The van der Waals surface area contributed by atoms with Crippen molar-refractivity contribution in [1.82, 2.24) is 10.3 Å². The Balaban J connectivity index is 1.24. The molecule has 35 heavy (non-hydrogen) atoms. The summed E-state index contributed by atoms with van der Waals surface area (Å²) in [5.74, 6) is 2.56. The van der Waals surface area contributed by atoms with Gasteiger partial charge in [0.1, 0.15) is 28.7 Å². The van der Waals surface area contributed by atoms with E-state index >= 15 is 0 Å². The van der Waals surface area contributed by atoms with Gasteiger partial charge in [0.2, 0.25) is 5.89 Å². The smallest absolute Gasteiger partial charge is 0.261 e. The summed E-state index contributed by atoms with van der Waals surface area (Å²) in [5, 5.41) is 5.78. The third kappa shape index (κ3) is 4.68. The van der Waals surface area contributed by atoms with E-state index in [1.54, 1.807) is 39.0 Å². The summed E-state index contributed by atoms with van der Waals surface area (Å²) in [6.07, 6.45) is -0.0105. The summed E-state index contributed by atoms with van der Waals surface area (Å²) < 4.78 is 17.1.